The number of carbonyl (C=O) groups excluding carboxylic acids is 1. The zero-order chi connectivity index (χ0) is 13.8. The van der Waals surface area contributed by atoms with Crippen LogP contribution in [0.15, 0.2) is 24.3 Å². The fraction of sp³-hybridized carbons (Fsp3) is 0.364. The van der Waals surface area contributed by atoms with E-state index < -0.39 is 23.5 Å². The number of rotatable bonds is 5. The molecule has 1 aromatic rings. The molecule has 0 aliphatic carbocycles. The highest BCUT2D eigenvalue weighted by atomic mass is 35.5. The molecule has 0 saturated heterocycles. The van der Waals surface area contributed by atoms with Gasteiger partial charge in [-0.25, -0.2) is 9.18 Å². The molecule has 0 bridgehead atoms. The SMILES string of the molecule is CCOC(=O)c1ccccc1OC(F)(F)C(F)Cl. The molecule has 1 rings (SSSR count). The summed E-state index contributed by atoms with van der Waals surface area (Å²) in [6.45, 7) is 1.64. The Morgan fingerprint density at radius 1 is 1.44 bits per heavy atom. The molecule has 3 nitrogen and oxygen atoms in total. The Morgan fingerprint density at radius 2 is 2.06 bits per heavy atom. The first-order valence-corrected chi connectivity index (χ1v) is 5.43. The van der Waals surface area contributed by atoms with Crippen LogP contribution in [0, 0.1) is 0 Å². The first kappa shape index (κ1) is 14.6. The molecule has 0 aliphatic heterocycles. The van der Waals surface area contributed by atoms with Gasteiger partial charge in [0.05, 0.1) is 6.61 Å². The van der Waals surface area contributed by atoms with Gasteiger partial charge in [-0.05, 0) is 19.1 Å². The quantitative estimate of drug-likeness (QED) is 0.613. The molecular formula is C11H10ClF3O3. The van der Waals surface area contributed by atoms with Crippen molar-refractivity contribution < 1.29 is 27.4 Å². The van der Waals surface area contributed by atoms with Gasteiger partial charge in [0.2, 0.25) is 0 Å². The summed E-state index contributed by atoms with van der Waals surface area (Å²) >= 11 is 4.65. The minimum Gasteiger partial charge on any atom is -0.462 e. The predicted molar refractivity (Wildman–Crippen MR) is 58.7 cm³/mol. The Labute approximate surface area is 106 Å². The third kappa shape index (κ3) is 3.53. The summed E-state index contributed by atoms with van der Waals surface area (Å²) in [5.41, 5.74) is -3.25. The topological polar surface area (TPSA) is 35.5 Å². The van der Waals surface area contributed by atoms with E-state index in [4.69, 9.17) is 0 Å². The number of carbonyl (C=O) groups is 1. The molecule has 0 fully saturated rings. The highest BCUT2D eigenvalue weighted by molar-refractivity contribution is 6.20. The smallest absolute Gasteiger partial charge is 0.444 e. The van der Waals surface area contributed by atoms with Crippen LogP contribution in [0.3, 0.4) is 0 Å². The van der Waals surface area contributed by atoms with Crippen molar-refractivity contribution in [2.24, 2.45) is 0 Å². The van der Waals surface area contributed by atoms with E-state index in [2.05, 4.69) is 21.1 Å². The highest BCUT2D eigenvalue weighted by Crippen LogP contribution is 2.31. The fourth-order valence-corrected chi connectivity index (χ4v) is 1.17. The van der Waals surface area contributed by atoms with Gasteiger partial charge in [-0.15, -0.1) is 0 Å². The zero-order valence-electron chi connectivity index (χ0n) is 9.33. The van der Waals surface area contributed by atoms with Gasteiger partial charge >= 0.3 is 12.1 Å². The molecule has 0 aromatic heterocycles. The van der Waals surface area contributed by atoms with Gasteiger partial charge in [0.1, 0.15) is 11.3 Å². The third-order valence-corrected chi connectivity index (χ3v) is 2.14. The van der Waals surface area contributed by atoms with Crippen LogP contribution in [0.5, 0.6) is 5.75 Å². The average molecular weight is 283 g/mol. The van der Waals surface area contributed by atoms with Crippen molar-refractivity contribution in [2.45, 2.75) is 18.7 Å². The maximum Gasteiger partial charge on any atom is 0.444 e. The van der Waals surface area contributed by atoms with Gasteiger partial charge in [0.25, 0.3) is 5.63 Å². The molecule has 0 N–H and O–H groups in total. The van der Waals surface area contributed by atoms with Crippen LogP contribution < -0.4 is 4.74 Å². The molecule has 1 unspecified atom stereocenters. The Kier molecular flexibility index (Phi) is 4.84. The molecule has 0 heterocycles. The van der Waals surface area contributed by atoms with Crippen LogP contribution in [-0.2, 0) is 4.74 Å². The molecule has 18 heavy (non-hydrogen) atoms. The second-order valence-corrected chi connectivity index (χ2v) is 3.56. The van der Waals surface area contributed by atoms with Gasteiger partial charge in [0, 0.05) is 0 Å². The van der Waals surface area contributed by atoms with Crippen LogP contribution in [0.2, 0.25) is 0 Å². The van der Waals surface area contributed by atoms with E-state index in [9.17, 15) is 18.0 Å². The lowest BCUT2D eigenvalue weighted by Crippen LogP contribution is -2.33. The number of halogens is 4. The number of hydrogen-bond donors (Lipinski definition) is 0. The molecule has 100 valence electrons. The minimum atomic E-state index is -4.23. The Bertz CT molecular complexity index is 424. The Morgan fingerprint density at radius 3 is 2.61 bits per heavy atom. The first-order chi connectivity index (χ1) is 8.38. The normalized spacial score (nSPS) is 12.9. The van der Waals surface area contributed by atoms with Crippen molar-refractivity contribution in [3.05, 3.63) is 29.8 Å². The monoisotopic (exact) mass is 282 g/mol. The molecule has 1 aromatic carbocycles. The molecule has 1 atom stereocenters. The number of alkyl halides is 4. The summed E-state index contributed by atoms with van der Waals surface area (Å²) < 4.78 is 47.2. The number of ether oxygens (including phenoxy) is 2. The van der Waals surface area contributed by atoms with E-state index >= 15 is 0 Å². The number of esters is 1. The average Bonchev–Trinajstić information content (AvgIpc) is 2.29. The minimum absolute atomic E-state index is 0.0742. The van der Waals surface area contributed by atoms with Gasteiger partial charge in [0.15, 0.2) is 0 Å². The van der Waals surface area contributed by atoms with Crippen LogP contribution in [0.4, 0.5) is 13.2 Å². The zero-order valence-corrected chi connectivity index (χ0v) is 10.1. The molecule has 0 spiro atoms. The second-order valence-electron chi connectivity index (χ2n) is 3.18. The van der Waals surface area contributed by atoms with Crippen LogP contribution in [0.25, 0.3) is 0 Å². The first-order valence-electron chi connectivity index (χ1n) is 4.99. The molecule has 0 amide bonds. The Balaban J connectivity index is 2.99. The lowest BCUT2D eigenvalue weighted by molar-refractivity contribution is -0.199. The maximum absolute atomic E-state index is 13.0. The fourth-order valence-electron chi connectivity index (χ4n) is 1.12. The number of benzene rings is 1. The van der Waals surface area contributed by atoms with E-state index in [0.29, 0.717) is 0 Å². The van der Waals surface area contributed by atoms with Gasteiger partial charge in [-0.2, -0.15) is 8.78 Å². The summed E-state index contributed by atoms with van der Waals surface area (Å²) in [5.74, 6) is -1.34. The van der Waals surface area contributed by atoms with Crippen LogP contribution >= 0.6 is 11.6 Å². The standard InChI is InChI=1S/C11H10ClF3O3/c1-2-17-9(16)7-5-3-4-6-8(7)18-11(14,15)10(12)13/h3-6,10H,2H2,1H3. The maximum atomic E-state index is 13.0. The summed E-state index contributed by atoms with van der Waals surface area (Å²) in [7, 11) is 0. The molecule has 7 heteroatoms. The van der Waals surface area contributed by atoms with E-state index in [1.165, 1.54) is 18.2 Å². The van der Waals surface area contributed by atoms with Crippen molar-refractivity contribution >= 4 is 17.6 Å². The number of hydrogen-bond acceptors (Lipinski definition) is 3. The predicted octanol–water partition coefficient (Wildman–Crippen LogP) is 3.37. The molecule has 0 saturated carbocycles. The summed E-state index contributed by atoms with van der Waals surface area (Å²) in [5, 5.41) is 0. The molecule has 0 aliphatic rings. The van der Waals surface area contributed by atoms with Crippen molar-refractivity contribution in [1.29, 1.82) is 0 Å². The summed E-state index contributed by atoms with van der Waals surface area (Å²) in [6, 6.07) is 5.12. The lowest BCUT2D eigenvalue weighted by atomic mass is 10.2. The van der Waals surface area contributed by atoms with Crippen LogP contribution in [-0.4, -0.2) is 24.3 Å². The largest absolute Gasteiger partial charge is 0.462 e. The van der Waals surface area contributed by atoms with E-state index in [1.807, 2.05) is 0 Å². The summed E-state index contributed by atoms with van der Waals surface area (Å²) in [4.78, 5) is 11.4. The van der Waals surface area contributed by atoms with E-state index in [-0.39, 0.29) is 12.2 Å². The molecular weight excluding hydrogens is 273 g/mol. The highest BCUT2D eigenvalue weighted by Gasteiger charge is 2.42. The third-order valence-electron chi connectivity index (χ3n) is 1.88. The van der Waals surface area contributed by atoms with Crippen molar-refractivity contribution in [3.8, 4) is 5.75 Å². The summed E-state index contributed by atoms with van der Waals surface area (Å²) in [6.07, 6.45) is -4.23. The van der Waals surface area contributed by atoms with E-state index in [0.717, 1.165) is 6.07 Å². The van der Waals surface area contributed by atoms with Gasteiger partial charge in [-0.1, -0.05) is 23.7 Å². The number of para-hydroxylation sites is 1. The van der Waals surface area contributed by atoms with E-state index in [1.54, 1.807) is 6.92 Å². The Hall–Kier alpha value is -1.43. The van der Waals surface area contributed by atoms with Crippen LogP contribution in [0.1, 0.15) is 17.3 Å². The van der Waals surface area contributed by atoms with Gasteiger partial charge in [-0.3, -0.25) is 0 Å². The van der Waals surface area contributed by atoms with Gasteiger partial charge < -0.3 is 9.47 Å². The van der Waals surface area contributed by atoms with Crippen molar-refractivity contribution in [2.75, 3.05) is 6.61 Å². The molecule has 0 radical (unpaired) electrons. The lowest BCUT2D eigenvalue weighted by Gasteiger charge is -2.19. The van der Waals surface area contributed by atoms with Crippen molar-refractivity contribution in [3.63, 3.8) is 0 Å². The van der Waals surface area contributed by atoms with Crippen molar-refractivity contribution in [1.82, 2.24) is 0 Å². The second kappa shape index (κ2) is 5.95.